The third-order valence-corrected chi connectivity index (χ3v) is 5.41. The molecule has 1 N–H and O–H groups in total. The minimum atomic E-state index is 0.629. The first kappa shape index (κ1) is 14.6. The molecule has 3 rings (SSSR count). The number of hydrogen-bond acceptors (Lipinski definition) is 3. The summed E-state index contributed by atoms with van der Waals surface area (Å²) in [5.74, 6) is 1.56. The van der Waals surface area contributed by atoms with Crippen molar-refractivity contribution in [3.63, 3.8) is 0 Å². The van der Waals surface area contributed by atoms with Crippen LogP contribution in [0.3, 0.4) is 0 Å². The summed E-state index contributed by atoms with van der Waals surface area (Å²) in [6.45, 7) is 4.71. The van der Waals surface area contributed by atoms with Crippen LogP contribution >= 0.6 is 11.3 Å². The summed E-state index contributed by atoms with van der Waals surface area (Å²) in [6, 6.07) is 9.37. The number of thiazole rings is 1. The van der Waals surface area contributed by atoms with Gasteiger partial charge in [-0.3, -0.25) is 0 Å². The van der Waals surface area contributed by atoms with Crippen molar-refractivity contribution in [2.45, 2.75) is 45.6 Å². The maximum atomic E-state index is 4.37. The van der Waals surface area contributed by atoms with E-state index in [1.807, 2.05) is 11.6 Å². The molecule has 1 saturated carbocycles. The molecule has 0 aliphatic heterocycles. The Bertz CT molecular complexity index is 545. The highest BCUT2D eigenvalue weighted by molar-refractivity contribution is 7.13. The fourth-order valence-electron chi connectivity index (χ4n) is 3.43. The number of benzene rings is 1. The molecule has 21 heavy (non-hydrogen) atoms. The Morgan fingerprint density at radius 1 is 1.14 bits per heavy atom. The summed E-state index contributed by atoms with van der Waals surface area (Å²) in [7, 11) is 0. The number of hydrogen-bond donors (Lipinski definition) is 1. The summed E-state index contributed by atoms with van der Waals surface area (Å²) in [5.41, 5.74) is 2.45. The van der Waals surface area contributed by atoms with Gasteiger partial charge in [0, 0.05) is 28.9 Å². The molecule has 2 aromatic rings. The Balaban J connectivity index is 1.69. The van der Waals surface area contributed by atoms with Gasteiger partial charge in [-0.05, 0) is 48.9 Å². The van der Waals surface area contributed by atoms with Crippen molar-refractivity contribution in [1.82, 2.24) is 4.98 Å². The van der Waals surface area contributed by atoms with Gasteiger partial charge < -0.3 is 5.32 Å². The maximum absolute atomic E-state index is 4.37. The summed E-state index contributed by atoms with van der Waals surface area (Å²) >= 11 is 1.69. The average Bonchev–Trinajstić information content (AvgIpc) is 3.03. The molecule has 112 valence electrons. The van der Waals surface area contributed by atoms with Gasteiger partial charge in [0.1, 0.15) is 5.01 Å². The van der Waals surface area contributed by atoms with Crippen molar-refractivity contribution < 1.29 is 0 Å². The number of nitrogens with one attached hydrogen (secondary N) is 1. The molecule has 0 amide bonds. The molecule has 2 atom stereocenters. The van der Waals surface area contributed by atoms with E-state index in [0.717, 1.165) is 16.8 Å². The van der Waals surface area contributed by atoms with Crippen LogP contribution in [0.15, 0.2) is 35.8 Å². The summed E-state index contributed by atoms with van der Waals surface area (Å²) in [6.07, 6.45) is 7.28. The Morgan fingerprint density at radius 3 is 2.57 bits per heavy atom. The summed E-state index contributed by atoms with van der Waals surface area (Å²) in [5, 5.41) is 6.89. The maximum Gasteiger partial charge on any atom is 0.123 e. The van der Waals surface area contributed by atoms with E-state index in [2.05, 4.69) is 48.4 Å². The third kappa shape index (κ3) is 3.46. The van der Waals surface area contributed by atoms with E-state index in [1.54, 1.807) is 11.3 Å². The number of nitrogens with zero attached hydrogens (tertiary/aromatic N) is 1. The molecule has 1 aliphatic rings. The Hall–Kier alpha value is -1.35. The van der Waals surface area contributed by atoms with Crippen LogP contribution in [0, 0.1) is 11.8 Å². The van der Waals surface area contributed by atoms with E-state index in [1.165, 1.54) is 36.9 Å². The van der Waals surface area contributed by atoms with E-state index in [4.69, 9.17) is 0 Å². The molecular formula is C18H24N2S. The number of aromatic nitrogens is 1. The zero-order valence-corrected chi connectivity index (χ0v) is 13.7. The Kier molecular flexibility index (Phi) is 4.59. The smallest absolute Gasteiger partial charge is 0.123 e. The number of rotatable bonds is 4. The highest BCUT2D eigenvalue weighted by Gasteiger charge is 2.27. The zero-order valence-electron chi connectivity index (χ0n) is 12.9. The quantitative estimate of drug-likeness (QED) is 0.813. The van der Waals surface area contributed by atoms with Gasteiger partial charge in [0.15, 0.2) is 0 Å². The third-order valence-electron chi connectivity index (χ3n) is 4.59. The predicted molar refractivity (Wildman–Crippen MR) is 91.8 cm³/mol. The lowest BCUT2D eigenvalue weighted by molar-refractivity contribution is 0.254. The second-order valence-electron chi connectivity index (χ2n) is 6.36. The van der Waals surface area contributed by atoms with Gasteiger partial charge in [-0.25, -0.2) is 4.98 Å². The molecule has 1 heterocycles. The lowest BCUT2D eigenvalue weighted by atomic mass is 9.78. The lowest BCUT2D eigenvalue weighted by Gasteiger charge is -2.35. The highest BCUT2D eigenvalue weighted by Crippen LogP contribution is 2.32. The molecule has 0 saturated heterocycles. The van der Waals surface area contributed by atoms with Gasteiger partial charge >= 0.3 is 0 Å². The standard InChI is InChI=1S/C18H24N2S/c1-13(2)16-5-3-4-6-17(16)20-15-9-7-14(8-10-15)18-19-11-12-21-18/h7-13,16-17,20H,3-6H2,1-2H3. The molecular weight excluding hydrogens is 276 g/mol. The Morgan fingerprint density at radius 2 is 1.90 bits per heavy atom. The summed E-state index contributed by atoms with van der Waals surface area (Å²) < 4.78 is 0. The van der Waals surface area contributed by atoms with E-state index in [0.29, 0.717) is 6.04 Å². The first-order valence-electron chi connectivity index (χ1n) is 8.00. The van der Waals surface area contributed by atoms with E-state index in [-0.39, 0.29) is 0 Å². The van der Waals surface area contributed by atoms with Crippen LogP contribution in [0.25, 0.3) is 10.6 Å². The van der Waals surface area contributed by atoms with E-state index >= 15 is 0 Å². The van der Waals surface area contributed by atoms with Crippen molar-refractivity contribution >= 4 is 17.0 Å². The minimum Gasteiger partial charge on any atom is -0.382 e. The van der Waals surface area contributed by atoms with Crippen LogP contribution in [-0.4, -0.2) is 11.0 Å². The SMILES string of the molecule is CC(C)C1CCCCC1Nc1ccc(-c2nccs2)cc1. The van der Waals surface area contributed by atoms with Gasteiger partial charge in [-0.2, -0.15) is 0 Å². The van der Waals surface area contributed by atoms with Crippen molar-refractivity contribution in [2.75, 3.05) is 5.32 Å². The molecule has 3 heteroatoms. The molecule has 1 aromatic carbocycles. The first-order chi connectivity index (χ1) is 10.2. The fourth-order valence-corrected chi connectivity index (χ4v) is 4.07. The van der Waals surface area contributed by atoms with Crippen LogP contribution in [0.4, 0.5) is 5.69 Å². The van der Waals surface area contributed by atoms with Crippen LogP contribution in [0.2, 0.25) is 0 Å². The van der Waals surface area contributed by atoms with Crippen LogP contribution in [0.5, 0.6) is 0 Å². The summed E-state index contributed by atoms with van der Waals surface area (Å²) in [4.78, 5) is 4.37. The number of anilines is 1. The van der Waals surface area contributed by atoms with Gasteiger partial charge in [0.05, 0.1) is 0 Å². The lowest BCUT2D eigenvalue weighted by Crippen LogP contribution is -2.35. The zero-order chi connectivity index (χ0) is 14.7. The average molecular weight is 300 g/mol. The largest absolute Gasteiger partial charge is 0.382 e. The van der Waals surface area contributed by atoms with E-state index < -0.39 is 0 Å². The van der Waals surface area contributed by atoms with Crippen molar-refractivity contribution in [1.29, 1.82) is 0 Å². The predicted octanol–water partition coefficient (Wildman–Crippen LogP) is 5.44. The van der Waals surface area contributed by atoms with Crippen molar-refractivity contribution in [3.8, 4) is 10.6 Å². The molecule has 2 unspecified atom stereocenters. The molecule has 2 nitrogen and oxygen atoms in total. The Labute approximate surface area is 131 Å². The molecule has 1 fully saturated rings. The molecule has 0 radical (unpaired) electrons. The van der Waals surface area contributed by atoms with Crippen molar-refractivity contribution in [2.24, 2.45) is 11.8 Å². The second-order valence-corrected chi connectivity index (χ2v) is 7.25. The normalized spacial score (nSPS) is 22.4. The molecule has 1 aliphatic carbocycles. The van der Waals surface area contributed by atoms with Crippen LogP contribution in [0.1, 0.15) is 39.5 Å². The monoisotopic (exact) mass is 300 g/mol. The van der Waals surface area contributed by atoms with Gasteiger partial charge in [0.2, 0.25) is 0 Å². The second kappa shape index (κ2) is 6.61. The molecule has 0 bridgehead atoms. The first-order valence-corrected chi connectivity index (χ1v) is 8.88. The minimum absolute atomic E-state index is 0.629. The highest BCUT2D eigenvalue weighted by atomic mass is 32.1. The van der Waals surface area contributed by atoms with Crippen LogP contribution in [-0.2, 0) is 0 Å². The van der Waals surface area contributed by atoms with Crippen molar-refractivity contribution in [3.05, 3.63) is 35.8 Å². The van der Waals surface area contributed by atoms with Gasteiger partial charge in [0.25, 0.3) is 0 Å². The molecule has 0 spiro atoms. The fraction of sp³-hybridized carbons (Fsp3) is 0.500. The van der Waals surface area contributed by atoms with Gasteiger partial charge in [-0.15, -0.1) is 11.3 Å². The molecule has 1 aromatic heterocycles. The topological polar surface area (TPSA) is 24.9 Å². The van der Waals surface area contributed by atoms with Gasteiger partial charge in [-0.1, -0.05) is 26.7 Å². The van der Waals surface area contributed by atoms with Crippen LogP contribution < -0.4 is 5.32 Å². The van der Waals surface area contributed by atoms with E-state index in [9.17, 15) is 0 Å².